The molecule has 0 bridgehead atoms. The molecule has 1 aromatic carbocycles. The summed E-state index contributed by atoms with van der Waals surface area (Å²) in [7, 11) is 1.93. The van der Waals surface area contributed by atoms with Crippen molar-refractivity contribution in [2.24, 2.45) is 0 Å². The van der Waals surface area contributed by atoms with Crippen LogP contribution in [0.2, 0.25) is 0 Å². The summed E-state index contributed by atoms with van der Waals surface area (Å²) in [4.78, 5) is 14.6. The Hall–Kier alpha value is -1.35. The zero-order valence-electron chi connectivity index (χ0n) is 12.6. The van der Waals surface area contributed by atoms with Gasteiger partial charge < -0.3 is 10.2 Å². The normalized spacial score (nSPS) is 12.2. The van der Waals surface area contributed by atoms with Crippen LogP contribution in [0.1, 0.15) is 43.1 Å². The Morgan fingerprint density at radius 3 is 2.58 bits per heavy atom. The average molecular weight is 262 g/mol. The highest BCUT2D eigenvalue weighted by Gasteiger charge is 2.20. The van der Waals surface area contributed by atoms with Crippen LogP contribution >= 0.6 is 0 Å². The van der Waals surface area contributed by atoms with Gasteiger partial charge in [-0.1, -0.05) is 25.1 Å². The molecule has 0 aliphatic heterocycles. The van der Waals surface area contributed by atoms with Crippen LogP contribution in [0, 0.1) is 0 Å². The second-order valence-corrected chi connectivity index (χ2v) is 4.86. The maximum atomic E-state index is 12.7. The maximum absolute atomic E-state index is 12.7. The van der Waals surface area contributed by atoms with E-state index in [-0.39, 0.29) is 11.9 Å². The molecule has 1 atom stereocenters. The molecule has 0 saturated carbocycles. The highest BCUT2D eigenvalue weighted by atomic mass is 16.2. The molecule has 19 heavy (non-hydrogen) atoms. The van der Waals surface area contributed by atoms with E-state index >= 15 is 0 Å². The van der Waals surface area contributed by atoms with Crippen molar-refractivity contribution < 1.29 is 4.79 Å². The summed E-state index contributed by atoms with van der Waals surface area (Å²) in [6.07, 6.45) is 1.87. The first-order chi connectivity index (χ1) is 9.15. The molecule has 3 nitrogen and oxygen atoms in total. The Balaban J connectivity index is 2.97. The lowest BCUT2D eigenvalue weighted by molar-refractivity contribution is 0.0699. The Labute approximate surface area is 117 Å². The number of hydrogen-bond donors (Lipinski definition) is 1. The van der Waals surface area contributed by atoms with Crippen LogP contribution in [0.5, 0.6) is 0 Å². The fourth-order valence-corrected chi connectivity index (χ4v) is 2.24. The number of carbonyl (C=O) groups is 1. The molecule has 0 heterocycles. The summed E-state index contributed by atoms with van der Waals surface area (Å²) < 4.78 is 0. The van der Waals surface area contributed by atoms with E-state index in [9.17, 15) is 4.79 Å². The second-order valence-electron chi connectivity index (χ2n) is 4.86. The Kier molecular flexibility index (Phi) is 6.57. The number of likely N-dealkylation sites (N-methyl/N-ethyl adjacent to an activating group) is 1. The van der Waals surface area contributed by atoms with Crippen molar-refractivity contribution in [3.8, 4) is 0 Å². The van der Waals surface area contributed by atoms with Crippen LogP contribution in [0.3, 0.4) is 0 Å². The van der Waals surface area contributed by atoms with E-state index in [4.69, 9.17) is 0 Å². The zero-order chi connectivity index (χ0) is 14.3. The van der Waals surface area contributed by atoms with Crippen LogP contribution in [-0.2, 0) is 6.42 Å². The lowest BCUT2D eigenvalue weighted by Crippen LogP contribution is -2.38. The summed E-state index contributed by atoms with van der Waals surface area (Å²) in [5.41, 5.74) is 1.98. The molecule has 0 radical (unpaired) electrons. The van der Waals surface area contributed by atoms with E-state index in [2.05, 4.69) is 25.2 Å². The van der Waals surface area contributed by atoms with E-state index in [0.717, 1.165) is 37.1 Å². The monoisotopic (exact) mass is 262 g/mol. The molecule has 1 aromatic rings. The summed E-state index contributed by atoms with van der Waals surface area (Å²) in [6, 6.07) is 8.23. The highest BCUT2D eigenvalue weighted by molar-refractivity contribution is 5.95. The van der Waals surface area contributed by atoms with Gasteiger partial charge in [0.2, 0.25) is 0 Å². The summed E-state index contributed by atoms with van der Waals surface area (Å²) in [6.45, 7) is 7.92. The molecular formula is C16H26N2O. The summed E-state index contributed by atoms with van der Waals surface area (Å²) >= 11 is 0. The number of nitrogens with one attached hydrogen (secondary N) is 1. The minimum atomic E-state index is 0.156. The van der Waals surface area contributed by atoms with Crippen molar-refractivity contribution in [3.63, 3.8) is 0 Å². The highest BCUT2D eigenvalue weighted by Crippen LogP contribution is 2.15. The SMILES string of the molecule is CCC(C)N(CC)C(=O)c1ccccc1CCNC. The fourth-order valence-electron chi connectivity index (χ4n) is 2.24. The predicted molar refractivity (Wildman–Crippen MR) is 80.5 cm³/mol. The van der Waals surface area contributed by atoms with Crippen molar-refractivity contribution in [1.29, 1.82) is 0 Å². The van der Waals surface area contributed by atoms with Gasteiger partial charge in [-0.25, -0.2) is 0 Å². The molecular weight excluding hydrogens is 236 g/mol. The molecule has 106 valence electrons. The molecule has 0 fully saturated rings. The summed E-state index contributed by atoms with van der Waals surface area (Å²) in [5, 5.41) is 3.13. The van der Waals surface area contributed by atoms with Gasteiger partial charge in [0.15, 0.2) is 0 Å². The third-order valence-electron chi connectivity index (χ3n) is 3.62. The molecule has 0 spiro atoms. The van der Waals surface area contributed by atoms with E-state index < -0.39 is 0 Å². The van der Waals surface area contributed by atoms with Gasteiger partial charge in [-0.05, 0) is 51.9 Å². The topological polar surface area (TPSA) is 32.3 Å². The molecule has 1 N–H and O–H groups in total. The van der Waals surface area contributed by atoms with Crippen molar-refractivity contribution in [2.75, 3.05) is 20.1 Å². The van der Waals surface area contributed by atoms with Crippen molar-refractivity contribution in [2.45, 2.75) is 39.7 Å². The van der Waals surface area contributed by atoms with E-state index in [1.807, 2.05) is 37.1 Å². The number of carbonyl (C=O) groups excluding carboxylic acids is 1. The third-order valence-corrected chi connectivity index (χ3v) is 3.62. The average Bonchev–Trinajstić information content (AvgIpc) is 2.45. The number of rotatable bonds is 7. The molecule has 0 saturated heterocycles. The molecule has 3 heteroatoms. The number of hydrogen-bond acceptors (Lipinski definition) is 2. The zero-order valence-corrected chi connectivity index (χ0v) is 12.6. The van der Waals surface area contributed by atoms with E-state index in [1.165, 1.54) is 0 Å². The standard InChI is InChI=1S/C16H26N2O/c1-5-13(3)18(6-2)16(19)15-10-8-7-9-14(15)11-12-17-4/h7-10,13,17H,5-6,11-12H2,1-4H3. The minimum absolute atomic E-state index is 0.156. The first-order valence-corrected chi connectivity index (χ1v) is 7.19. The van der Waals surface area contributed by atoms with Gasteiger partial charge in [0.25, 0.3) is 5.91 Å². The molecule has 0 aromatic heterocycles. The molecule has 1 amide bonds. The lowest BCUT2D eigenvalue weighted by Gasteiger charge is -2.28. The fraction of sp³-hybridized carbons (Fsp3) is 0.562. The van der Waals surface area contributed by atoms with Gasteiger partial charge in [0, 0.05) is 18.2 Å². The van der Waals surface area contributed by atoms with Crippen molar-refractivity contribution in [1.82, 2.24) is 10.2 Å². The molecule has 1 unspecified atom stereocenters. The maximum Gasteiger partial charge on any atom is 0.254 e. The summed E-state index contributed by atoms with van der Waals surface area (Å²) in [5.74, 6) is 0.156. The minimum Gasteiger partial charge on any atom is -0.336 e. The van der Waals surface area contributed by atoms with Gasteiger partial charge in [-0.3, -0.25) is 4.79 Å². The van der Waals surface area contributed by atoms with Gasteiger partial charge in [-0.15, -0.1) is 0 Å². The van der Waals surface area contributed by atoms with Crippen LogP contribution in [0.4, 0.5) is 0 Å². The largest absolute Gasteiger partial charge is 0.336 e. The molecule has 0 aliphatic rings. The van der Waals surface area contributed by atoms with Crippen LogP contribution < -0.4 is 5.32 Å². The Bertz CT molecular complexity index is 403. The van der Waals surface area contributed by atoms with Crippen LogP contribution in [0.25, 0.3) is 0 Å². The van der Waals surface area contributed by atoms with Gasteiger partial charge >= 0.3 is 0 Å². The molecule has 0 aliphatic carbocycles. The van der Waals surface area contributed by atoms with Crippen molar-refractivity contribution in [3.05, 3.63) is 35.4 Å². The number of benzene rings is 1. The Morgan fingerprint density at radius 2 is 2.00 bits per heavy atom. The van der Waals surface area contributed by atoms with Gasteiger partial charge in [0.1, 0.15) is 0 Å². The smallest absolute Gasteiger partial charge is 0.254 e. The van der Waals surface area contributed by atoms with Crippen LogP contribution in [-0.4, -0.2) is 37.0 Å². The quantitative estimate of drug-likeness (QED) is 0.819. The predicted octanol–water partition coefficient (Wildman–Crippen LogP) is 2.71. The van der Waals surface area contributed by atoms with Gasteiger partial charge in [0.05, 0.1) is 0 Å². The third kappa shape index (κ3) is 4.06. The van der Waals surface area contributed by atoms with E-state index in [1.54, 1.807) is 0 Å². The van der Waals surface area contributed by atoms with Crippen LogP contribution in [0.15, 0.2) is 24.3 Å². The first-order valence-electron chi connectivity index (χ1n) is 7.19. The number of amides is 1. The molecule has 1 rings (SSSR count). The van der Waals surface area contributed by atoms with Gasteiger partial charge in [-0.2, -0.15) is 0 Å². The van der Waals surface area contributed by atoms with Crippen molar-refractivity contribution >= 4 is 5.91 Å². The lowest BCUT2D eigenvalue weighted by atomic mass is 10.0. The number of nitrogens with zero attached hydrogens (tertiary/aromatic N) is 1. The second kappa shape index (κ2) is 7.95. The first kappa shape index (κ1) is 15.7. The Morgan fingerprint density at radius 1 is 1.32 bits per heavy atom. The van der Waals surface area contributed by atoms with E-state index in [0.29, 0.717) is 0 Å².